The fraction of sp³-hybridized carbons (Fsp3) is 0.0909. The molecule has 0 radical (unpaired) electrons. The molecule has 0 unspecified atom stereocenters. The van der Waals surface area contributed by atoms with Gasteiger partial charge in [0.15, 0.2) is 0 Å². The van der Waals surface area contributed by atoms with Crippen molar-refractivity contribution in [2.75, 3.05) is 7.11 Å². The molecule has 3 rings (SSSR count). The number of nitriles is 1. The molecule has 0 aliphatic heterocycles. The number of nitrogens with one attached hydrogen (secondary N) is 1. The maximum absolute atomic E-state index is 8.73. The van der Waals surface area contributed by atoms with E-state index in [4.69, 9.17) is 10.00 Å². The predicted octanol–water partition coefficient (Wildman–Crippen LogP) is 1.39. The zero-order valence-electron chi connectivity index (χ0n) is 8.93. The van der Waals surface area contributed by atoms with Crippen LogP contribution >= 0.6 is 0 Å². The Kier molecular flexibility index (Phi) is 1.92. The number of ether oxygens (including phenoxy) is 1. The van der Waals surface area contributed by atoms with Gasteiger partial charge in [0.1, 0.15) is 11.7 Å². The largest absolute Gasteiger partial charge is 0.481 e. The number of methoxy groups -OCH3 is 1. The fourth-order valence-corrected chi connectivity index (χ4v) is 1.72. The zero-order chi connectivity index (χ0) is 11.8. The lowest BCUT2D eigenvalue weighted by Gasteiger charge is -1.96. The van der Waals surface area contributed by atoms with E-state index in [2.05, 4.69) is 19.9 Å². The molecule has 0 aromatic carbocycles. The number of H-pyrrole nitrogens is 1. The topological polar surface area (TPSA) is 87.5 Å². The molecule has 0 spiro atoms. The maximum atomic E-state index is 8.73. The summed E-state index contributed by atoms with van der Waals surface area (Å²) in [5.41, 5.74) is 1.48. The number of aromatic amines is 1. The van der Waals surface area contributed by atoms with E-state index < -0.39 is 0 Å². The average Bonchev–Trinajstić information content (AvgIpc) is 2.74. The first-order chi connectivity index (χ1) is 8.31. The third-order valence-corrected chi connectivity index (χ3v) is 2.52. The number of nitrogens with zero attached hydrogens (tertiary/aromatic N) is 4. The maximum Gasteiger partial charge on any atom is 0.234 e. The van der Waals surface area contributed by atoms with Crippen LogP contribution < -0.4 is 4.74 Å². The summed E-state index contributed by atoms with van der Waals surface area (Å²) in [5.74, 6) is 0.668. The summed E-state index contributed by atoms with van der Waals surface area (Å²) in [6, 6.07) is 3.68. The molecule has 0 aliphatic carbocycles. The minimum Gasteiger partial charge on any atom is -0.481 e. The third kappa shape index (κ3) is 1.37. The van der Waals surface area contributed by atoms with E-state index in [-0.39, 0.29) is 5.82 Å². The molecule has 3 aromatic rings. The first-order valence-corrected chi connectivity index (χ1v) is 4.90. The van der Waals surface area contributed by atoms with E-state index in [1.165, 1.54) is 0 Å². The molecule has 82 valence electrons. The summed E-state index contributed by atoms with van der Waals surface area (Å²) < 4.78 is 5.04. The Morgan fingerprint density at radius 2 is 2.12 bits per heavy atom. The Morgan fingerprint density at radius 3 is 2.88 bits per heavy atom. The number of hydrogen-bond donors (Lipinski definition) is 1. The Labute approximate surface area is 95.9 Å². The number of pyridine rings is 1. The van der Waals surface area contributed by atoms with E-state index in [0.717, 1.165) is 16.3 Å². The second-order valence-corrected chi connectivity index (χ2v) is 3.46. The molecule has 0 atom stereocenters. The Morgan fingerprint density at radius 1 is 1.29 bits per heavy atom. The number of hydrogen-bond acceptors (Lipinski definition) is 5. The normalized spacial score (nSPS) is 10.6. The highest BCUT2D eigenvalue weighted by Crippen LogP contribution is 2.24. The standard InChI is InChI=1S/C11H7N5O/c1-17-10-2-8-6(4-14-10)7-5-13-9(3-12)16-11(7)15-8/h2,4-5H,1H3,(H,13,15,16). The second-order valence-electron chi connectivity index (χ2n) is 3.46. The monoisotopic (exact) mass is 225 g/mol. The van der Waals surface area contributed by atoms with E-state index in [1.54, 1.807) is 25.6 Å². The molecular formula is C11H7N5O. The first-order valence-electron chi connectivity index (χ1n) is 4.90. The van der Waals surface area contributed by atoms with Crippen molar-refractivity contribution >= 4 is 21.9 Å². The summed E-state index contributed by atoms with van der Waals surface area (Å²) in [6.07, 6.45) is 3.32. The van der Waals surface area contributed by atoms with Gasteiger partial charge in [0.05, 0.1) is 12.6 Å². The minimum atomic E-state index is 0.143. The van der Waals surface area contributed by atoms with E-state index >= 15 is 0 Å². The van der Waals surface area contributed by atoms with Crippen LogP contribution in [0.2, 0.25) is 0 Å². The van der Waals surface area contributed by atoms with Gasteiger partial charge < -0.3 is 9.72 Å². The van der Waals surface area contributed by atoms with Crippen LogP contribution in [-0.2, 0) is 0 Å². The van der Waals surface area contributed by atoms with Gasteiger partial charge in [-0.1, -0.05) is 0 Å². The molecule has 0 saturated carbocycles. The van der Waals surface area contributed by atoms with Crippen LogP contribution in [0.3, 0.4) is 0 Å². The number of rotatable bonds is 1. The lowest BCUT2D eigenvalue weighted by molar-refractivity contribution is 0.398. The van der Waals surface area contributed by atoms with E-state index in [1.807, 2.05) is 6.07 Å². The van der Waals surface area contributed by atoms with Gasteiger partial charge in [-0.15, -0.1) is 0 Å². The van der Waals surface area contributed by atoms with Gasteiger partial charge in [-0.2, -0.15) is 5.26 Å². The molecule has 3 heterocycles. The van der Waals surface area contributed by atoms with Gasteiger partial charge >= 0.3 is 0 Å². The second kappa shape index (κ2) is 3.42. The van der Waals surface area contributed by atoms with Crippen molar-refractivity contribution in [2.45, 2.75) is 0 Å². The van der Waals surface area contributed by atoms with Crippen LogP contribution in [-0.4, -0.2) is 27.0 Å². The SMILES string of the molecule is COc1cc2[nH]c3nc(C#N)ncc3c2cn1. The van der Waals surface area contributed by atoms with Crippen molar-refractivity contribution in [2.24, 2.45) is 0 Å². The van der Waals surface area contributed by atoms with E-state index in [0.29, 0.717) is 11.5 Å². The quantitative estimate of drug-likeness (QED) is 0.676. The summed E-state index contributed by atoms with van der Waals surface area (Å²) in [5, 5.41) is 10.5. The smallest absolute Gasteiger partial charge is 0.234 e. The van der Waals surface area contributed by atoms with E-state index in [9.17, 15) is 0 Å². The average molecular weight is 225 g/mol. The lowest BCUT2D eigenvalue weighted by Crippen LogP contribution is -1.87. The Hall–Kier alpha value is -2.68. The molecule has 0 aliphatic rings. The highest BCUT2D eigenvalue weighted by atomic mass is 16.5. The summed E-state index contributed by atoms with van der Waals surface area (Å²) in [6.45, 7) is 0. The molecule has 6 heteroatoms. The third-order valence-electron chi connectivity index (χ3n) is 2.52. The van der Waals surface area contributed by atoms with Crippen molar-refractivity contribution in [3.05, 3.63) is 24.3 Å². The molecule has 3 aromatic heterocycles. The Balaban J connectivity index is 2.37. The molecule has 17 heavy (non-hydrogen) atoms. The molecular weight excluding hydrogens is 218 g/mol. The van der Waals surface area contributed by atoms with Gasteiger partial charge in [0, 0.05) is 29.2 Å². The van der Waals surface area contributed by atoms with Crippen LogP contribution in [0, 0.1) is 11.3 Å². The summed E-state index contributed by atoms with van der Waals surface area (Å²) >= 11 is 0. The van der Waals surface area contributed by atoms with Crippen LogP contribution in [0.5, 0.6) is 5.88 Å². The van der Waals surface area contributed by atoms with Gasteiger partial charge in [-0.25, -0.2) is 15.0 Å². The molecule has 0 amide bonds. The molecule has 0 saturated heterocycles. The highest BCUT2D eigenvalue weighted by molar-refractivity contribution is 6.05. The van der Waals surface area contributed by atoms with Crippen molar-refractivity contribution in [3.8, 4) is 11.9 Å². The van der Waals surface area contributed by atoms with Gasteiger partial charge in [-0.3, -0.25) is 0 Å². The Bertz CT molecular complexity index is 755. The minimum absolute atomic E-state index is 0.143. The predicted molar refractivity (Wildman–Crippen MR) is 60.5 cm³/mol. The molecule has 1 N–H and O–H groups in total. The van der Waals surface area contributed by atoms with Crippen molar-refractivity contribution < 1.29 is 4.74 Å². The van der Waals surface area contributed by atoms with Gasteiger partial charge in [0.25, 0.3) is 0 Å². The van der Waals surface area contributed by atoms with Crippen LogP contribution in [0.1, 0.15) is 5.82 Å². The zero-order valence-corrected chi connectivity index (χ0v) is 8.93. The molecule has 0 bridgehead atoms. The summed E-state index contributed by atoms with van der Waals surface area (Å²) in [4.78, 5) is 15.3. The molecule has 0 fully saturated rings. The fourth-order valence-electron chi connectivity index (χ4n) is 1.72. The lowest BCUT2D eigenvalue weighted by atomic mass is 10.2. The van der Waals surface area contributed by atoms with Crippen LogP contribution in [0.25, 0.3) is 21.9 Å². The highest BCUT2D eigenvalue weighted by Gasteiger charge is 2.08. The van der Waals surface area contributed by atoms with Gasteiger partial charge in [0.2, 0.25) is 11.7 Å². The first kappa shape index (κ1) is 9.54. The van der Waals surface area contributed by atoms with Crippen LogP contribution in [0.4, 0.5) is 0 Å². The van der Waals surface area contributed by atoms with Crippen molar-refractivity contribution in [3.63, 3.8) is 0 Å². The number of fused-ring (bicyclic) bond motifs is 3. The molecule has 6 nitrogen and oxygen atoms in total. The number of aromatic nitrogens is 4. The van der Waals surface area contributed by atoms with Gasteiger partial charge in [-0.05, 0) is 0 Å². The van der Waals surface area contributed by atoms with Crippen LogP contribution in [0.15, 0.2) is 18.5 Å². The summed E-state index contributed by atoms with van der Waals surface area (Å²) in [7, 11) is 1.56. The van der Waals surface area contributed by atoms with Crippen molar-refractivity contribution in [1.82, 2.24) is 19.9 Å². The van der Waals surface area contributed by atoms with Crippen molar-refractivity contribution in [1.29, 1.82) is 5.26 Å².